The quantitative estimate of drug-likeness (QED) is 0.830. The van der Waals surface area contributed by atoms with Crippen molar-refractivity contribution in [2.24, 2.45) is 0 Å². The van der Waals surface area contributed by atoms with Crippen LogP contribution in [0, 0.1) is 12.7 Å². The van der Waals surface area contributed by atoms with Gasteiger partial charge < -0.3 is 14.6 Å². The molecule has 1 aliphatic heterocycles. The van der Waals surface area contributed by atoms with Gasteiger partial charge in [0.05, 0.1) is 11.3 Å². The average Bonchev–Trinajstić information content (AvgIpc) is 3.10. The fourth-order valence-electron chi connectivity index (χ4n) is 3.16. The number of rotatable bonds is 6. The van der Waals surface area contributed by atoms with E-state index in [0.29, 0.717) is 24.0 Å². The van der Waals surface area contributed by atoms with E-state index in [1.54, 1.807) is 18.2 Å². The number of halogens is 1. The molecule has 1 N–H and O–H groups in total. The molecule has 1 fully saturated rings. The van der Waals surface area contributed by atoms with E-state index in [-0.39, 0.29) is 5.82 Å². The van der Waals surface area contributed by atoms with Crippen molar-refractivity contribution in [2.45, 2.75) is 38.8 Å². The molecule has 23 heavy (non-hydrogen) atoms. The second-order valence-corrected chi connectivity index (χ2v) is 6.24. The van der Waals surface area contributed by atoms with Gasteiger partial charge in [-0.3, -0.25) is 0 Å². The van der Waals surface area contributed by atoms with Gasteiger partial charge in [0.1, 0.15) is 11.6 Å². The molecule has 0 saturated carbocycles. The molecule has 1 unspecified atom stereocenters. The minimum atomic E-state index is -0.308. The summed E-state index contributed by atoms with van der Waals surface area (Å²) in [6, 6.07) is 7.25. The summed E-state index contributed by atoms with van der Waals surface area (Å²) in [6.07, 6.45) is 3.74. The number of benzene rings is 1. The van der Waals surface area contributed by atoms with Gasteiger partial charge in [-0.1, -0.05) is 12.1 Å². The molecule has 0 aliphatic carbocycles. The van der Waals surface area contributed by atoms with Crippen molar-refractivity contribution in [1.29, 1.82) is 0 Å². The average molecular weight is 317 g/mol. The van der Waals surface area contributed by atoms with Crippen LogP contribution in [0.3, 0.4) is 0 Å². The zero-order valence-electron chi connectivity index (χ0n) is 13.8. The van der Waals surface area contributed by atoms with Crippen molar-refractivity contribution < 1.29 is 8.81 Å². The lowest BCUT2D eigenvalue weighted by Gasteiger charge is -2.19. The van der Waals surface area contributed by atoms with Gasteiger partial charge in [-0.25, -0.2) is 9.37 Å². The zero-order chi connectivity index (χ0) is 16.2. The topological polar surface area (TPSA) is 41.3 Å². The molecule has 3 rings (SSSR count). The highest BCUT2D eigenvalue weighted by atomic mass is 19.1. The first kappa shape index (κ1) is 16.1. The highest BCUT2D eigenvalue weighted by Gasteiger charge is 2.20. The van der Waals surface area contributed by atoms with E-state index >= 15 is 0 Å². The van der Waals surface area contributed by atoms with E-state index in [0.717, 1.165) is 24.4 Å². The lowest BCUT2D eigenvalue weighted by molar-refractivity contribution is 0.293. The minimum absolute atomic E-state index is 0.308. The van der Waals surface area contributed by atoms with Gasteiger partial charge in [0.2, 0.25) is 5.89 Å². The van der Waals surface area contributed by atoms with Crippen molar-refractivity contribution in [2.75, 3.05) is 20.1 Å². The van der Waals surface area contributed by atoms with Crippen molar-refractivity contribution >= 4 is 0 Å². The molecule has 1 aliphatic rings. The molecule has 1 saturated heterocycles. The van der Waals surface area contributed by atoms with Crippen molar-refractivity contribution in [3.8, 4) is 11.5 Å². The number of nitrogens with one attached hydrogen (secondary N) is 1. The fraction of sp³-hybridized carbons (Fsp3) is 0.500. The van der Waals surface area contributed by atoms with Gasteiger partial charge in [0.15, 0.2) is 0 Å². The van der Waals surface area contributed by atoms with Crippen LogP contribution in [0.4, 0.5) is 4.39 Å². The Bertz CT molecular complexity index is 655. The molecular weight excluding hydrogens is 293 g/mol. The smallest absolute Gasteiger partial charge is 0.229 e. The summed E-state index contributed by atoms with van der Waals surface area (Å²) in [5, 5.41) is 3.43. The molecule has 0 radical (unpaired) electrons. The second kappa shape index (κ2) is 7.23. The summed E-state index contributed by atoms with van der Waals surface area (Å²) in [6.45, 7) is 4.69. The SMILES string of the molecule is Cc1oc(-c2ccccc2F)nc1CNCCC1CCCN1C. The Morgan fingerprint density at radius 1 is 1.39 bits per heavy atom. The Morgan fingerprint density at radius 2 is 2.22 bits per heavy atom. The van der Waals surface area contributed by atoms with Crippen molar-refractivity contribution in [3.63, 3.8) is 0 Å². The number of hydrogen-bond donors (Lipinski definition) is 1. The van der Waals surface area contributed by atoms with Crippen molar-refractivity contribution in [3.05, 3.63) is 41.5 Å². The van der Waals surface area contributed by atoms with Gasteiger partial charge in [-0.05, 0) is 58.5 Å². The van der Waals surface area contributed by atoms with E-state index in [2.05, 4.69) is 22.2 Å². The first-order valence-electron chi connectivity index (χ1n) is 8.27. The maximum absolute atomic E-state index is 13.8. The Balaban J connectivity index is 1.56. The summed E-state index contributed by atoms with van der Waals surface area (Å²) in [5.41, 5.74) is 1.26. The van der Waals surface area contributed by atoms with E-state index in [4.69, 9.17) is 4.42 Å². The number of nitrogens with zero attached hydrogens (tertiary/aromatic N) is 2. The molecule has 2 heterocycles. The summed E-state index contributed by atoms with van der Waals surface area (Å²) in [5.74, 6) is 0.791. The highest BCUT2D eigenvalue weighted by molar-refractivity contribution is 5.54. The van der Waals surface area contributed by atoms with Crippen LogP contribution < -0.4 is 5.32 Å². The van der Waals surface area contributed by atoms with Crippen LogP contribution in [0.25, 0.3) is 11.5 Å². The maximum Gasteiger partial charge on any atom is 0.229 e. The maximum atomic E-state index is 13.8. The molecule has 124 valence electrons. The summed E-state index contributed by atoms with van der Waals surface area (Å²) in [7, 11) is 2.19. The van der Waals surface area contributed by atoms with Crippen LogP contribution in [-0.4, -0.2) is 36.1 Å². The highest BCUT2D eigenvalue weighted by Crippen LogP contribution is 2.24. The predicted octanol–water partition coefficient (Wildman–Crippen LogP) is 3.36. The van der Waals surface area contributed by atoms with E-state index in [9.17, 15) is 4.39 Å². The van der Waals surface area contributed by atoms with Crippen LogP contribution in [0.1, 0.15) is 30.7 Å². The molecule has 1 aromatic carbocycles. The van der Waals surface area contributed by atoms with Crippen LogP contribution in [0.15, 0.2) is 28.7 Å². The number of aryl methyl sites for hydroxylation is 1. The number of likely N-dealkylation sites (tertiary alicyclic amines) is 1. The second-order valence-electron chi connectivity index (χ2n) is 6.24. The van der Waals surface area contributed by atoms with Crippen molar-refractivity contribution in [1.82, 2.24) is 15.2 Å². The van der Waals surface area contributed by atoms with Crippen LogP contribution in [0.5, 0.6) is 0 Å². The first-order valence-corrected chi connectivity index (χ1v) is 8.27. The lowest BCUT2D eigenvalue weighted by atomic mass is 10.1. The largest absolute Gasteiger partial charge is 0.441 e. The van der Waals surface area contributed by atoms with Gasteiger partial charge in [-0.15, -0.1) is 0 Å². The lowest BCUT2D eigenvalue weighted by Crippen LogP contribution is -2.29. The number of hydrogen-bond acceptors (Lipinski definition) is 4. The van der Waals surface area contributed by atoms with E-state index in [1.165, 1.54) is 25.5 Å². The molecule has 0 bridgehead atoms. The molecular formula is C18H24FN3O. The molecule has 0 amide bonds. The Labute approximate surface area is 136 Å². The molecule has 4 nitrogen and oxygen atoms in total. The predicted molar refractivity (Wildman–Crippen MR) is 88.6 cm³/mol. The number of aromatic nitrogens is 1. The van der Waals surface area contributed by atoms with Crippen LogP contribution in [0.2, 0.25) is 0 Å². The number of oxazole rings is 1. The van der Waals surface area contributed by atoms with Gasteiger partial charge in [0, 0.05) is 12.6 Å². The van der Waals surface area contributed by atoms with E-state index in [1.807, 2.05) is 6.92 Å². The molecule has 1 aromatic heterocycles. The third kappa shape index (κ3) is 3.79. The summed E-state index contributed by atoms with van der Waals surface area (Å²) >= 11 is 0. The standard InChI is InChI=1S/C18H24FN3O/c1-13-17(12-20-10-9-14-6-5-11-22(14)2)21-18(23-13)15-7-3-4-8-16(15)19/h3-4,7-8,14,20H,5-6,9-12H2,1-2H3. The zero-order valence-corrected chi connectivity index (χ0v) is 13.8. The summed E-state index contributed by atoms with van der Waals surface area (Å²) < 4.78 is 19.4. The minimum Gasteiger partial charge on any atom is -0.441 e. The van der Waals surface area contributed by atoms with Crippen LogP contribution >= 0.6 is 0 Å². The van der Waals surface area contributed by atoms with Gasteiger partial charge in [-0.2, -0.15) is 0 Å². The third-order valence-electron chi connectivity index (χ3n) is 4.62. The fourth-order valence-corrected chi connectivity index (χ4v) is 3.16. The van der Waals surface area contributed by atoms with Gasteiger partial charge >= 0.3 is 0 Å². The monoisotopic (exact) mass is 317 g/mol. The first-order chi connectivity index (χ1) is 11.1. The Kier molecular flexibility index (Phi) is 5.08. The normalized spacial score (nSPS) is 18.7. The Morgan fingerprint density at radius 3 is 2.96 bits per heavy atom. The Hall–Kier alpha value is -1.72. The van der Waals surface area contributed by atoms with Gasteiger partial charge in [0.25, 0.3) is 0 Å². The molecule has 2 aromatic rings. The molecule has 1 atom stereocenters. The molecule has 5 heteroatoms. The molecule has 0 spiro atoms. The van der Waals surface area contributed by atoms with E-state index < -0.39 is 0 Å². The summed E-state index contributed by atoms with van der Waals surface area (Å²) in [4.78, 5) is 6.88. The third-order valence-corrected chi connectivity index (χ3v) is 4.62. The van der Waals surface area contributed by atoms with Crippen LogP contribution in [-0.2, 0) is 6.54 Å².